The zero-order valence-electron chi connectivity index (χ0n) is 15.1. The van der Waals surface area contributed by atoms with E-state index in [0.29, 0.717) is 13.1 Å². The Labute approximate surface area is 175 Å². The third-order valence-corrected chi connectivity index (χ3v) is 5.56. The van der Waals surface area contributed by atoms with Gasteiger partial charge in [0.25, 0.3) is 0 Å². The molecule has 158 valence electrons. The summed E-state index contributed by atoms with van der Waals surface area (Å²) in [6.07, 6.45) is -1.86. The smallest absolute Gasteiger partial charge is 0.421 e. The third-order valence-electron chi connectivity index (χ3n) is 4.39. The van der Waals surface area contributed by atoms with Gasteiger partial charge < -0.3 is 4.74 Å². The topological polar surface area (TPSA) is 61.4 Å². The van der Waals surface area contributed by atoms with Gasteiger partial charge in [-0.05, 0) is 42.4 Å². The molecule has 0 spiro atoms. The molecule has 2 aromatic heterocycles. The van der Waals surface area contributed by atoms with Gasteiger partial charge in [0.2, 0.25) is 10.7 Å². The summed E-state index contributed by atoms with van der Waals surface area (Å²) in [5.74, 6) is -1.77. The normalized spacial score (nSPS) is 14.6. The first-order chi connectivity index (χ1) is 14.2. The standard InChI is InChI=1S/C18H13ClF4N4O2S/c19-11-8-12(20)13(25-16-26-6-1-2-7-27(26)17(28)30-16)9-14(11)29-15-10(18(21,22)23)4-3-5-24-15/h3-5,8-9H,1-2,6-7H2. The minimum absolute atomic E-state index is 0.220. The summed E-state index contributed by atoms with van der Waals surface area (Å²) in [6.45, 7) is 1.10. The molecule has 6 nitrogen and oxygen atoms in total. The van der Waals surface area contributed by atoms with Crippen LogP contribution in [0.5, 0.6) is 11.6 Å². The van der Waals surface area contributed by atoms with Crippen molar-refractivity contribution in [2.45, 2.75) is 32.1 Å². The van der Waals surface area contributed by atoms with E-state index in [2.05, 4.69) is 9.98 Å². The van der Waals surface area contributed by atoms with Crippen LogP contribution in [0.4, 0.5) is 23.2 Å². The Morgan fingerprint density at radius 2 is 1.93 bits per heavy atom. The molecule has 1 aliphatic heterocycles. The lowest BCUT2D eigenvalue weighted by molar-refractivity contribution is -0.138. The molecule has 30 heavy (non-hydrogen) atoms. The van der Waals surface area contributed by atoms with Crippen LogP contribution >= 0.6 is 22.9 Å². The van der Waals surface area contributed by atoms with Crippen molar-refractivity contribution in [3.05, 3.63) is 61.3 Å². The van der Waals surface area contributed by atoms with Crippen molar-refractivity contribution in [3.8, 4) is 11.6 Å². The Morgan fingerprint density at radius 3 is 2.67 bits per heavy atom. The number of fused-ring (bicyclic) bond motifs is 1. The number of benzene rings is 1. The molecule has 3 aromatic rings. The highest BCUT2D eigenvalue weighted by molar-refractivity contribution is 7.06. The van der Waals surface area contributed by atoms with Gasteiger partial charge in [0, 0.05) is 25.4 Å². The number of halogens is 5. The molecule has 1 aromatic carbocycles. The van der Waals surface area contributed by atoms with Crippen molar-refractivity contribution in [3.63, 3.8) is 0 Å². The number of hydrogen-bond acceptors (Lipinski definition) is 5. The fourth-order valence-electron chi connectivity index (χ4n) is 2.99. The van der Waals surface area contributed by atoms with Gasteiger partial charge in [-0.2, -0.15) is 13.2 Å². The summed E-state index contributed by atoms with van der Waals surface area (Å²) in [7, 11) is 0. The second-order valence-corrected chi connectivity index (χ2v) is 7.73. The number of ether oxygens (including phenoxy) is 1. The number of aromatic nitrogens is 3. The molecule has 0 saturated carbocycles. The van der Waals surface area contributed by atoms with Crippen LogP contribution in [0.2, 0.25) is 5.02 Å². The van der Waals surface area contributed by atoms with E-state index >= 15 is 0 Å². The average Bonchev–Trinajstić information content (AvgIpc) is 3.01. The van der Waals surface area contributed by atoms with E-state index in [1.165, 1.54) is 4.68 Å². The highest BCUT2D eigenvalue weighted by atomic mass is 35.5. The summed E-state index contributed by atoms with van der Waals surface area (Å²) in [6, 6.07) is 3.91. The maximum absolute atomic E-state index is 14.4. The molecule has 12 heteroatoms. The monoisotopic (exact) mass is 460 g/mol. The molecule has 0 bridgehead atoms. The van der Waals surface area contributed by atoms with Gasteiger partial charge in [-0.1, -0.05) is 11.6 Å². The molecule has 0 amide bonds. The van der Waals surface area contributed by atoms with E-state index in [4.69, 9.17) is 16.3 Å². The fraction of sp³-hybridized carbons (Fsp3) is 0.278. The maximum Gasteiger partial charge on any atom is 0.421 e. The van der Waals surface area contributed by atoms with Crippen molar-refractivity contribution in [2.24, 2.45) is 4.99 Å². The highest BCUT2D eigenvalue weighted by Crippen LogP contribution is 2.39. The zero-order chi connectivity index (χ0) is 21.5. The summed E-state index contributed by atoms with van der Waals surface area (Å²) >= 11 is 6.82. The van der Waals surface area contributed by atoms with Crippen LogP contribution in [0.1, 0.15) is 18.4 Å². The van der Waals surface area contributed by atoms with Gasteiger partial charge in [0.15, 0.2) is 5.82 Å². The van der Waals surface area contributed by atoms with Gasteiger partial charge >= 0.3 is 11.0 Å². The summed E-state index contributed by atoms with van der Waals surface area (Å²) in [4.78, 5) is 20.0. The second kappa shape index (κ2) is 7.88. The number of alkyl halides is 3. The van der Waals surface area contributed by atoms with Crippen molar-refractivity contribution < 1.29 is 22.3 Å². The molecule has 0 radical (unpaired) electrons. The highest BCUT2D eigenvalue weighted by Gasteiger charge is 2.35. The first-order valence-electron chi connectivity index (χ1n) is 8.78. The summed E-state index contributed by atoms with van der Waals surface area (Å²) in [5, 5.41) is -0.245. The largest absolute Gasteiger partial charge is 0.437 e. The lowest BCUT2D eigenvalue weighted by Gasteiger charge is -2.16. The lowest BCUT2D eigenvalue weighted by atomic mass is 10.2. The van der Waals surface area contributed by atoms with E-state index in [1.807, 2.05) is 0 Å². The van der Waals surface area contributed by atoms with E-state index in [0.717, 1.165) is 54.6 Å². The van der Waals surface area contributed by atoms with Crippen LogP contribution in [0, 0.1) is 5.82 Å². The minimum atomic E-state index is -4.70. The predicted octanol–water partition coefficient (Wildman–Crippen LogP) is 4.74. The number of pyridine rings is 1. The SMILES string of the molecule is O=c1sc(=Nc2cc(Oc3ncccc3C(F)(F)F)c(Cl)cc2F)n2n1CCCC2. The van der Waals surface area contributed by atoms with Gasteiger partial charge in [-0.25, -0.2) is 19.0 Å². The quantitative estimate of drug-likeness (QED) is 0.531. The van der Waals surface area contributed by atoms with Crippen molar-refractivity contribution in [1.29, 1.82) is 0 Å². The first-order valence-corrected chi connectivity index (χ1v) is 9.98. The lowest BCUT2D eigenvalue weighted by Crippen LogP contribution is -2.31. The summed E-state index contributed by atoms with van der Waals surface area (Å²) < 4.78 is 62.4. The van der Waals surface area contributed by atoms with Crippen LogP contribution in [-0.2, 0) is 19.3 Å². The van der Waals surface area contributed by atoms with Crippen LogP contribution in [0.25, 0.3) is 0 Å². The van der Waals surface area contributed by atoms with E-state index < -0.39 is 23.4 Å². The van der Waals surface area contributed by atoms with Gasteiger partial charge in [0.1, 0.15) is 17.0 Å². The molecular weight excluding hydrogens is 448 g/mol. The van der Waals surface area contributed by atoms with Gasteiger partial charge in [0.05, 0.1) is 5.02 Å². The molecular formula is C18H13ClF4N4O2S. The van der Waals surface area contributed by atoms with Crippen LogP contribution in [0.15, 0.2) is 40.2 Å². The molecule has 0 saturated heterocycles. The molecule has 0 atom stereocenters. The van der Waals surface area contributed by atoms with Crippen LogP contribution < -0.4 is 14.4 Å². The van der Waals surface area contributed by atoms with E-state index in [-0.39, 0.29) is 26.1 Å². The molecule has 0 fully saturated rings. The molecule has 0 unspecified atom stereocenters. The molecule has 0 aliphatic carbocycles. The van der Waals surface area contributed by atoms with Crippen LogP contribution in [0.3, 0.4) is 0 Å². The minimum Gasteiger partial charge on any atom is -0.437 e. The number of hydrogen-bond donors (Lipinski definition) is 0. The van der Waals surface area contributed by atoms with Crippen molar-refractivity contribution in [1.82, 2.24) is 14.3 Å². The van der Waals surface area contributed by atoms with E-state index in [9.17, 15) is 22.4 Å². The van der Waals surface area contributed by atoms with Gasteiger partial charge in [-0.15, -0.1) is 0 Å². The molecule has 4 rings (SSSR count). The molecule has 0 N–H and O–H groups in total. The second-order valence-electron chi connectivity index (χ2n) is 6.41. The Kier molecular flexibility index (Phi) is 5.41. The maximum atomic E-state index is 14.4. The van der Waals surface area contributed by atoms with Crippen molar-refractivity contribution in [2.75, 3.05) is 0 Å². The molecule has 3 heterocycles. The number of nitrogens with zero attached hydrogens (tertiary/aromatic N) is 4. The molecule has 1 aliphatic rings. The average molecular weight is 461 g/mol. The Balaban J connectivity index is 1.78. The first kappa shape index (κ1) is 20.6. The fourth-order valence-corrected chi connectivity index (χ4v) is 4.07. The van der Waals surface area contributed by atoms with Crippen LogP contribution in [-0.4, -0.2) is 14.3 Å². The predicted molar refractivity (Wildman–Crippen MR) is 102 cm³/mol. The van der Waals surface area contributed by atoms with Crippen molar-refractivity contribution >= 4 is 28.6 Å². The Hall–Kier alpha value is -2.66. The zero-order valence-corrected chi connectivity index (χ0v) is 16.7. The van der Waals surface area contributed by atoms with E-state index in [1.54, 1.807) is 4.68 Å². The Morgan fingerprint density at radius 1 is 1.20 bits per heavy atom. The van der Waals surface area contributed by atoms with Gasteiger partial charge in [-0.3, -0.25) is 9.48 Å². The summed E-state index contributed by atoms with van der Waals surface area (Å²) in [5.41, 5.74) is -1.32. The third kappa shape index (κ3) is 3.99. The number of rotatable bonds is 3. The Bertz CT molecular complexity index is 1230.